The first-order chi connectivity index (χ1) is 24.4. The molecule has 3 N–H and O–H groups in total. The molecule has 3 amide bonds. The van der Waals surface area contributed by atoms with E-state index in [0.717, 1.165) is 20.7 Å². The Bertz CT molecular complexity index is 2150. The number of nitrogens with one attached hydrogen (secondary N) is 3. The van der Waals surface area contributed by atoms with Crippen LogP contribution in [-0.4, -0.2) is 36.9 Å². The lowest BCUT2D eigenvalue weighted by Gasteiger charge is -2.17. The molecular weight excluding hydrogens is 669 g/mol. The highest BCUT2D eigenvalue weighted by Crippen LogP contribution is 2.38. The summed E-state index contributed by atoms with van der Waals surface area (Å²) in [6, 6.07) is 38.0. The Morgan fingerprint density at radius 1 is 0.760 bits per heavy atom. The maximum Gasteiger partial charge on any atom is 0.272 e. The number of fused-ring (bicyclic) bond motifs is 1. The molecule has 0 aliphatic rings. The third kappa shape index (κ3) is 8.56. The minimum absolute atomic E-state index is 0.0528. The number of thioether (sulfide) groups is 1. The number of rotatable bonds is 12. The van der Waals surface area contributed by atoms with Crippen molar-refractivity contribution in [2.24, 2.45) is 0 Å². The van der Waals surface area contributed by atoms with E-state index in [-0.39, 0.29) is 11.6 Å². The predicted octanol–water partition coefficient (Wildman–Crippen LogP) is 8.20. The molecule has 0 radical (unpaired) electrons. The zero-order valence-corrected chi connectivity index (χ0v) is 28.7. The third-order valence-electron chi connectivity index (χ3n) is 7.47. The largest absolute Gasteiger partial charge is 0.497 e. The number of aromatic nitrogens is 1. The Balaban J connectivity index is 1.22. The number of thiazole rings is 1. The highest BCUT2D eigenvalue weighted by molar-refractivity contribution is 8.00. The second-order valence-electron chi connectivity index (χ2n) is 10.9. The summed E-state index contributed by atoms with van der Waals surface area (Å²) in [5.41, 5.74) is 3.21. The van der Waals surface area contributed by atoms with Crippen LogP contribution in [0.3, 0.4) is 0 Å². The van der Waals surface area contributed by atoms with Crippen LogP contribution in [0.1, 0.15) is 26.7 Å². The zero-order chi connectivity index (χ0) is 34.9. The Kier molecular flexibility index (Phi) is 10.9. The van der Waals surface area contributed by atoms with E-state index in [0.29, 0.717) is 33.4 Å². The summed E-state index contributed by atoms with van der Waals surface area (Å²) in [5.74, 6) is 0.200. The highest BCUT2D eigenvalue weighted by atomic mass is 32.2. The van der Waals surface area contributed by atoms with Crippen LogP contribution in [-0.2, 0) is 9.59 Å². The van der Waals surface area contributed by atoms with E-state index < -0.39 is 17.1 Å². The van der Waals surface area contributed by atoms with Gasteiger partial charge in [0.25, 0.3) is 11.8 Å². The number of hydrogen-bond acceptors (Lipinski definition) is 8. The summed E-state index contributed by atoms with van der Waals surface area (Å²) >= 11 is 2.71. The lowest BCUT2D eigenvalue weighted by Crippen LogP contribution is -2.30. The topological polar surface area (TPSA) is 119 Å². The molecule has 9 nitrogen and oxygen atoms in total. The molecule has 1 unspecified atom stereocenters. The standard InChI is InChI=1S/C39H32N4O5S2/c1-47-29-18-16-25(17-19-29)22-33(41-36(44)27-12-7-4-8-13-27)37(45)40-28-14-9-15-31(23-28)49-35(26-10-5-3-6-11-26)38(46)43-39-42-32-21-20-30(48-2)24-34(32)50-39/h3-24,35H,1-2H3,(H,40,45)(H,41,44)(H,42,43,46)/b33-22+. The molecule has 0 saturated carbocycles. The highest BCUT2D eigenvalue weighted by Gasteiger charge is 2.24. The lowest BCUT2D eigenvalue weighted by atomic mass is 10.1. The van der Waals surface area contributed by atoms with Crippen molar-refractivity contribution in [2.45, 2.75) is 10.1 Å². The molecule has 6 aromatic rings. The second kappa shape index (κ2) is 16.0. The average Bonchev–Trinajstić information content (AvgIpc) is 3.56. The molecule has 0 saturated heterocycles. The molecule has 11 heteroatoms. The van der Waals surface area contributed by atoms with Crippen LogP contribution in [0, 0.1) is 0 Å². The van der Waals surface area contributed by atoms with Gasteiger partial charge in [0.1, 0.15) is 22.4 Å². The fourth-order valence-electron chi connectivity index (χ4n) is 4.95. The van der Waals surface area contributed by atoms with Gasteiger partial charge in [0.2, 0.25) is 5.91 Å². The van der Waals surface area contributed by atoms with Gasteiger partial charge in [0.05, 0.1) is 24.4 Å². The van der Waals surface area contributed by atoms with Gasteiger partial charge in [0.15, 0.2) is 5.13 Å². The molecule has 250 valence electrons. The Morgan fingerprint density at radius 2 is 1.46 bits per heavy atom. The summed E-state index contributed by atoms with van der Waals surface area (Å²) in [6.07, 6.45) is 1.60. The van der Waals surface area contributed by atoms with Gasteiger partial charge in [-0.2, -0.15) is 0 Å². The van der Waals surface area contributed by atoms with Crippen molar-refractivity contribution < 1.29 is 23.9 Å². The summed E-state index contributed by atoms with van der Waals surface area (Å²) in [4.78, 5) is 45.9. The van der Waals surface area contributed by atoms with Gasteiger partial charge < -0.3 is 25.4 Å². The van der Waals surface area contributed by atoms with Crippen molar-refractivity contribution in [3.8, 4) is 11.5 Å². The maximum absolute atomic E-state index is 13.8. The van der Waals surface area contributed by atoms with Crippen molar-refractivity contribution in [3.63, 3.8) is 0 Å². The maximum atomic E-state index is 13.8. The number of hydrogen-bond donors (Lipinski definition) is 3. The van der Waals surface area contributed by atoms with Crippen molar-refractivity contribution in [3.05, 3.63) is 150 Å². The molecule has 6 rings (SSSR count). The summed E-state index contributed by atoms with van der Waals surface area (Å²) < 4.78 is 11.5. The number of methoxy groups -OCH3 is 2. The van der Waals surface area contributed by atoms with Gasteiger partial charge in [0, 0.05) is 16.1 Å². The van der Waals surface area contributed by atoms with E-state index in [4.69, 9.17) is 9.47 Å². The van der Waals surface area contributed by atoms with E-state index >= 15 is 0 Å². The molecule has 1 heterocycles. The minimum atomic E-state index is -0.626. The van der Waals surface area contributed by atoms with E-state index in [1.165, 1.54) is 23.1 Å². The molecule has 0 fully saturated rings. The normalized spacial score (nSPS) is 11.8. The van der Waals surface area contributed by atoms with E-state index in [1.807, 2.05) is 60.7 Å². The zero-order valence-electron chi connectivity index (χ0n) is 27.1. The van der Waals surface area contributed by atoms with Gasteiger partial charge in [-0.15, -0.1) is 11.8 Å². The molecule has 5 aromatic carbocycles. The number of anilines is 2. The molecule has 0 bridgehead atoms. The molecule has 0 spiro atoms. The first kappa shape index (κ1) is 34.0. The van der Waals surface area contributed by atoms with Crippen LogP contribution in [0.25, 0.3) is 16.3 Å². The number of carbonyl (C=O) groups is 3. The minimum Gasteiger partial charge on any atom is -0.497 e. The summed E-state index contributed by atoms with van der Waals surface area (Å²) in [5, 5.41) is 8.52. The SMILES string of the molecule is COc1ccc(/C=C(/NC(=O)c2ccccc2)C(=O)Nc2cccc(SC(C(=O)Nc3nc4ccc(OC)cc4s3)c3ccccc3)c2)cc1. The van der Waals surface area contributed by atoms with E-state index in [2.05, 4.69) is 20.9 Å². The fraction of sp³-hybridized carbons (Fsp3) is 0.0769. The van der Waals surface area contributed by atoms with Gasteiger partial charge in [-0.05, 0) is 77.9 Å². The monoisotopic (exact) mass is 700 g/mol. The number of carbonyl (C=O) groups excluding carboxylic acids is 3. The van der Waals surface area contributed by atoms with E-state index in [9.17, 15) is 14.4 Å². The Morgan fingerprint density at radius 3 is 2.18 bits per heavy atom. The van der Waals surface area contributed by atoms with Crippen molar-refractivity contribution in [1.29, 1.82) is 0 Å². The first-order valence-corrected chi connectivity index (χ1v) is 17.2. The van der Waals surface area contributed by atoms with Crippen molar-refractivity contribution >= 4 is 67.9 Å². The van der Waals surface area contributed by atoms with Crippen LogP contribution in [0.15, 0.2) is 138 Å². The summed E-state index contributed by atoms with van der Waals surface area (Å²) in [7, 11) is 3.18. The second-order valence-corrected chi connectivity index (χ2v) is 13.1. The van der Waals surface area contributed by atoms with Crippen LogP contribution in [0.2, 0.25) is 0 Å². The van der Waals surface area contributed by atoms with Crippen LogP contribution in [0.5, 0.6) is 11.5 Å². The Labute approximate surface area is 297 Å². The molecule has 1 aromatic heterocycles. The third-order valence-corrected chi connectivity index (χ3v) is 9.65. The van der Waals surface area contributed by atoms with Gasteiger partial charge in [-0.1, -0.05) is 78.1 Å². The van der Waals surface area contributed by atoms with Crippen LogP contribution in [0.4, 0.5) is 10.8 Å². The van der Waals surface area contributed by atoms with Gasteiger partial charge in [-0.3, -0.25) is 14.4 Å². The van der Waals surface area contributed by atoms with Gasteiger partial charge >= 0.3 is 0 Å². The van der Waals surface area contributed by atoms with E-state index in [1.54, 1.807) is 87.0 Å². The Hall–Kier alpha value is -5.91. The molecule has 50 heavy (non-hydrogen) atoms. The number of benzene rings is 5. The van der Waals surface area contributed by atoms with Crippen LogP contribution >= 0.6 is 23.1 Å². The van der Waals surface area contributed by atoms with Crippen LogP contribution < -0.4 is 25.4 Å². The van der Waals surface area contributed by atoms with Crippen molar-refractivity contribution in [1.82, 2.24) is 10.3 Å². The molecular formula is C39H32N4O5S2. The molecule has 0 aliphatic heterocycles. The van der Waals surface area contributed by atoms with Crippen molar-refractivity contribution in [2.75, 3.05) is 24.9 Å². The molecule has 1 atom stereocenters. The summed E-state index contributed by atoms with van der Waals surface area (Å²) in [6.45, 7) is 0. The number of amides is 3. The lowest BCUT2D eigenvalue weighted by molar-refractivity contribution is -0.116. The molecule has 0 aliphatic carbocycles. The first-order valence-electron chi connectivity index (χ1n) is 15.5. The average molecular weight is 701 g/mol. The van der Waals surface area contributed by atoms with Gasteiger partial charge in [-0.25, -0.2) is 4.98 Å². The predicted molar refractivity (Wildman–Crippen MR) is 200 cm³/mol. The quantitative estimate of drug-likeness (QED) is 0.0870. The number of ether oxygens (including phenoxy) is 2. The smallest absolute Gasteiger partial charge is 0.272 e. The fourth-order valence-corrected chi connectivity index (χ4v) is 6.93. The number of nitrogens with zero attached hydrogens (tertiary/aromatic N) is 1.